The van der Waals surface area contributed by atoms with Gasteiger partial charge in [-0.1, -0.05) is 73.3 Å². The maximum absolute atomic E-state index is 14.1. The first-order chi connectivity index (χ1) is 18.7. The standard InChI is InChI=1S/C31H27N3O5/c1-20(22-12-8-5-9-13-22)27-18-23(15-14-21-10-6-4-7-11-21)25-19-24(34(38)39)16-17-26(25)31(27)28(35)32(2)30(37)33(3)29(31)36/h4-13,16-19,27H,1,14-15H2,2-3H3. The fraction of sp³-hybridized carbons (Fsp3) is 0.194. The van der Waals surface area contributed by atoms with Crippen molar-refractivity contribution in [1.29, 1.82) is 0 Å². The van der Waals surface area contributed by atoms with Gasteiger partial charge in [-0.05, 0) is 52.3 Å². The van der Waals surface area contributed by atoms with Crippen LogP contribution in [0.25, 0.3) is 11.1 Å². The maximum Gasteiger partial charge on any atom is 0.332 e. The molecule has 8 heteroatoms. The zero-order chi connectivity index (χ0) is 27.9. The molecule has 0 bridgehead atoms. The second-order valence-electron chi connectivity index (χ2n) is 9.85. The number of fused-ring (bicyclic) bond motifs is 2. The van der Waals surface area contributed by atoms with Gasteiger partial charge >= 0.3 is 6.03 Å². The molecule has 0 aromatic heterocycles. The van der Waals surface area contributed by atoms with E-state index in [0.717, 1.165) is 26.5 Å². The number of barbiturate groups is 1. The van der Waals surface area contributed by atoms with Crippen LogP contribution in [-0.4, -0.2) is 46.7 Å². The van der Waals surface area contributed by atoms with Crippen LogP contribution in [0, 0.1) is 16.0 Å². The summed E-state index contributed by atoms with van der Waals surface area (Å²) in [4.78, 5) is 54.2. The van der Waals surface area contributed by atoms with E-state index in [1.165, 1.54) is 32.3 Å². The van der Waals surface area contributed by atoms with Crippen molar-refractivity contribution in [3.8, 4) is 0 Å². The summed E-state index contributed by atoms with van der Waals surface area (Å²) in [7, 11) is 2.69. The fourth-order valence-corrected chi connectivity index (χ4v) is 5.69. The van der Waals surface area contributed by atoms with E-state index in [1.54, 1.807) is 0 Å². The average molecular weight is 522 g/mol. The molecule has 196 valence electrons. The van der Waals surface area contributed by atoms with Crippen molar-refractivity contribution in [1.82, 2.24) is 9.80 Å². The van der Waals surface area contributed by atoms with Crippen LogP contribution in [-0.2, 0) is 21.4 Å². The third-order valence-corrected chi connectivity index (χ3v) is 7.72. The minimum Gasteiger partial charge on any atom is -0.273 e. The van der Waals surface area contributed by atoms with E-state index in [-0.39, 0.29) is 5.69 Å². The zero-order valence-corrected chi connectivity index (χ0v) is 21.7. The van der Waals surface area contributed by atoms with E-state index in [1.807, 2.05) is 66.7 Å². The fourth-order valence-electron chi connectivity index (χ4n) is 5.69. The Morgan fingerprint density at radius 1 is 0.897 bits per heavy atom. The van der Waals surface area contributed by atoms with Crippen LogP contribution in [0.1, 0.15) is 28.7 Å². The monoisotopic (exact) mass is 521 g/mol. The minimum absolute atomic E-state index is 0.150. The highest BCUT2D eigenvalue weighted by Gasteiger charge is 2.63. The van der Waals surface area contributed by atoms with Gasteiger partial charge in [-0.2, -0.15) is 0 Å². The maximum atomic E-state index is 14.1. The van der Waals surface area contributed by atoms with Gasteiger partial charge in [0.2, 0.25) is 0 Å². The lowest BCUT2D eigenvalue weighted by atomic mass is 9.59. The highest BCUT2D eigenvalue weighted by molar-refractivity contribution is 6.24. The summed E-state index contributed by atoms with van der Waals surface area (Å²) < 4.78 is 0. The molecule has 0 radical (unpaired) electrons. The Morgan fingerprint density at radius 2 is 1.49 bits per heavy atom. The SMILES string of the molecule is C=C(c1ccccc1)C1C=C(CCc2ccccc2)c2cc([N+](=O)[O-])ccc2C12C(=O)N(C)C(=O)N(C)C2=O. The summed E-state index contributed by atoms with van der Waals surface area (Å²) in [6.07, 6.45) is 3.00. The normalized spacial score (nSPS) is 18.2. The molecule has 1 unspecified atom stereocenters. The lowest BCUT2D eigenvalue weighted by molar-refractivity contribution is -0.384. The molecule has 1 aliphatic carbocycles. The third-order valence-electron chi connectivity index (χ3n) is 7.72. The van der Waals surface area contributed by atoms with Gasteiger partial charge in [-0.3, -0.25) is 29.5 Å². The number of rotatable bonds is 6. The summed E-state index contributed by atoms with van der Waals surface area (Å²) in [6.45, 7) is 4.33. The molecule has 1 fully saturated rings. The number of imide groups is 2. The molecule has 3 aromatic carbocycles. The smallest absolute Gasteiger partial charge is 0.273 e. The largest absolute Gasteiger partial charge is 0.332 e. The zero-order valence-electron chi connectivity index (χ0n) is 21.7. The molecule has 3 aromatic rings. The Morgan fingerprint density at radius 3 is 2.08 bits per heavy atom. The van der Waals surface area contributed by atoms with Crippen LogP contribution in [0.5, 0.6) is 0 Å². The molecular formula is C31H27N3O5. The summed E-state index contributed by atoms with van der Waals surface area (Å²) in [5, 5.41) is 11.8. The molecule has 5 rings (SSSR count). The van der Waals surface area contributed by atoms with Crippen LogP contribution >= 0.6 is 0 Å². The van der Waals surface area contributed by atoms with Gasteiger partial charge in [0.05, 0.1) is 4.92 Å². The number of carbonyl (C=O) groups is 3. The second-order valence-corrected chi connectivity index (χ2v) is 9.85. The number of nitro groups is 1. The molecule has 39 heavy (non-hydrogen) atoms. The Hall–Kier alpha value is -4.85. The van der Waals surface area contributed by atoms with Crippen LogP contribution in [0.3, 0.4) is 0 Å². The van der Waals surface area contributed by atoms with Gasteiger partial charge in [0.25, 0.3) is 17.5 Å². The summed E-state index contributed by atoms with van der Waals surface area (Å²) in [5.74, 6) is -2.21. The van der Waals surface area contributed by atoms with Gasteiger partial charge in [0, 0.05) is 32.1 Å². The van der Waals surface area contributed by atoms with Crippen molar-refractivity contribution in [2.45, 2.75) is 18.3 Å². The van der Waals surface area contributed by atoms with Crippen LogP contribution in [0.15, 0.2) is 91.5 Å². The molecule has 0 N–H and O–H groups in total. The van der Waals surface area contributed by atoms with Crippen molar-refractivity contribution in [2.75, 3.05) is 14.1 Å². The molecule has 4 amide bonds. The molecule has 1 spiro atoms. The summed E-state index contributed by atoms with van der Waals surface area (Å²) >= 11 is 0. The number of likely N-dealkylation sites (N-methyl/N-ethyl adjacent to an activating group) is 2. The topological polar surface area (TPSA) is 101 Å². The van der Waals surface area contributed by atoms with E-state index >= 15 is 0 Å². The lowest BCUT2D eigenvalue weighted by Crippen LogP contribution is -2.68. The average Bonchev–Trinajstić information content (AvgIpc) is 2.97. The number of hydrogen-bond donors (Lipinski definition) is 0. The molecule has 8 nitrogen and oxygen atoms in total. The summed E-state index contributed by atoms with van der Waals surface area (Å²) in [6, 6.07) is 22.6. The Labute approximate surface area is 226 Å². The van der Waals surface area contributed by atoms with E-state index in [9.17, 15) is 24.5 Å². The number of urea groups is 1. The number of aryl methyl sites for hydroxylation is 1. The molecular weight excluding hydrogens is 494 g/mol. The lowest BCUT2D eigenvalue weighted by Gasteiger charge is -2.48. The highest BCUT2D eigenvalue weighted by Crippen LogP contribution is 2.52. The number of allylic oxidation sites excluding steroid dienone is 3. The first kappa shape index (κ1) is 25.8. The number of amides is 4. The van der Waals surface area contributed by atoms with E-state index in [0.29, 0.717) is 29.5 Å². The third kappa shape index (κ3) is 4.05. The van der Waals surface area contributed by atoms with Gasteiger partial charge in [-0.15, -0.1) is 0 Å². The Balaban J connectivity index is 1.77. The van der Waals surface area contributed by atoms with Gasteiger partial charge in [0.15, 0.2) is 5.41 Å². The van der Waals surface area contributed by atoms with Crippen molar-refractivity contribution < 1.29 is 19.3 Å². The number of hydrogen-bond acceptors (Lipinski definition) is 5. The van der Waals surface area contributed by atoms with Crippen LogP contribution in [0.4, 0.5) is 10.5 Å². The van der Waals surface area contributed by atoms with Crippen molar-refractivity contribution >= 4 is 34.7 Å². The van der Waals surface area contributed by atoms with Crippen LogP contribution in [0.2, 0.25) is 0 Å². The molecule has 2 aliphatic rings. The van der Waals surface area contributed by atoms with E-state index in [2.05, 4.69) is 6.58 Å². The summed E-state index contributed by atoms with van der Waals surface area (Å²) in [5.41, 5.74) is 1.92. The number of benzene rings is 3. The molecule has 1 saturated heterocycles. The predicted octanol–water partition coefficient (Wildman–Crippen LogP) is 5.24. The van der Waals surface area contributed by atoms with Gasteiger partial charge in [0.1, 0.15) is 0 Å². The Bertz CT molecular complexity index is 1520. The Kier molecular flexibility index (Phi) is 6.48. The van der Waals surface area contributed by atoms with E-state index in [4.69, 9.17) is 0 Å². The predicted molar refractivity (Wildman–Crippen MR) is 147 cm³/mol. The number of non-ortho nitro benzene ring substituents is 1. The van der Waals surface area contributed by atoms with Crippen molar-refractivity contribution in [3.63, 3.8) is 0 Å². The molecule has 0 saturated carbocycles. The van der Waals surface area contributed by atoms with E-state index < -0.39 is 34.1 Å². The van der Waals surface area contributed by atoms with Crippen molar-refractivity contribution in [3.05, 3.63) is 124 Å². The second kappa shape index (κ2) is 9.79. The first-order valence-corrected chi connectivity index (χ1v) is 12.6. The van der Waals surface area contributed by atoms with Crippen LogP contribution < -0.4 is 0 Å². The first-order valence-electron chi connectivity index (χ1n) is 12.6. The number of carbonyl (C=O) groups excluding carboxylic acids is 3. The van der Waals surface area contributed by atoms with Crippen molar-refractivity contribution in [2.24, 2.45) is 5.92 Å². The molecule has 1 heterocycles. The highest BCUT2D eigenvalue weighted by atomic mass is 16.6. The molecule has 1 atom stereocenters. The minimum atomic E-state index is -1.86. The molecule has 1 aliphatic heterocycles. The van der Waals surface area contributed by atoms with Gasteiger partial charge in [-0.25, -0.2) is 4.79 Å². The number of nitro benzene ring substituents is 1. The quantitative estimate of drug-likeness (QED) is 0.251. The number of nitrogens with zero attached hydrogens (tertiary/aromatic N) is 3. The van der Waals surface area contributed by atoms with Gasteiger partial charge < -0.3 is 0 Å².